The summed E-state index contributed by atoms with van der Waals surface area (Å²) < 4.78 is 43.4. The van der Waals surface area contributed by atoms with Crippen LogP contribution in [0.5, 0.6) is 0 Å². The minimum atomic E-state index is -1.26. The molecule has 4 rings (SSSR count). The molecule has 2 amide bonds. The number of likely N-dealkylation sites (tertiary alicyclic amines) is 1. The molecule has 2 aliphatic heterocycles. The van der Waals surface area contributed by atoms with Crippen LogP contribution in [0.15, 0.2) is 30.3 Å². The molecule has 0 spiro atoms. The molecule has 34 heavy (non-hydrogen) atoms. The first kappa shape index (κ1) is 24.7. The van der Waals surface area contributed by atoms with E-state index < -0.39 is 29.0 Å². The van der Waals surface area contributed by atoms with Crippen molar-refractivity contribution < 1.29 is 22.8 Å². The first-order valence-electron chi connectivity index (χ1n) is 10.9. The number of nitrogens with zero attached hydrogens (tertiary/aromatic N) is 3. The molecule has 0 unspecified atom stereocenters. The van der Waals surface area contributed by atoms with E-state index in [0.29, 0.717) is 10.1 Å². The van der Waals surface area contributed by atoms with Crippen molar-refractivity contribution in [3.05, 3.63) is 56.9 Å². The first-order chi connectivity index (χ1) is 16.2. The molecule has 11 heteroatoms. The van der Waals surface area contributed by atoms with Gasteiger partial charge in [-0.3, -0.25) is 14.5 Å². The van der Waals surface area contributed by atoms with E-state index in [0.717, 1.165) is 32.2 Å². The van der Waals surface area contributed by atoms with Crippen LogP contribution in [0.1, 0.15) is 10.4 Å². The fourth-order valence-corrected chi connectivity index (χ4v) is 4.42. The van der Waals surface area contributed by atoms with Crippen LogP contribution < -0.4 is 10.6 Å². The molecular formula is C23H25F3IN5O2. The summed E-state index contributed by atoms with van der Waals surface area (Å²) in [5, 5.41) is 5.44. The molecule has 2 saturated heterocycles. The van der Waals surface area contributed by atoms with Gasteiger partial charge in [-0.15, -0.1) is 0 Å². The molecule has 0 radical (unpaired) electrons. The van der Waals surface area contributed by atoms with Crippen molar-refractivity contribution in [2.45, 2.75) is 6.04 Å². The van der Waals surface area contributed by atoms with Gasteiger partial charge in [0.15, 0.2) is 11.6 Å². The van der Waals surface area contributed by atoms with Crippen molar-refractivity contribution >= 4 is 45.8 Å². The number of carbonyl (C=O) groups excluding carboxylic acids is 2. The lowest BCUT2D eigenvalue weighted by molar-refractivity contribution is -0.124. The predicted molar refractivity (Wildman–Crippen MR) is 131 cm³/mol. The second-order valence-electron chi connectivity index (χ2n) is 8.59. The van der Waals surface area contributed by atoms with Crippen LogP contribution in [0.2, 0.25) is 0 Å². The van der Waals surface area contributed by atoms with Gasteiger partial charge in [0.1, 0.15) is 5.82 Å². The molecule has 2 heterocycles. The summed E-state index contributed by atoms with van der Waals surface area (Å²) in [4.78, 5) is 31.0. The predicted octanol–water partition coefficient (Wildman–Crippen LogP) is 2.64. The van der Waals surface area contributed by atoms with Crippen molar-refractivity contribution in [1.29, 1.82) is 0 Å². The van der Waals surface area contributed by atoms with Gasteiger partial charge in [-0.2, -0.15) is 0 Å². The maximum absolute atomic E-state index is 14.6. The number of hydrogen-bond donors (Lipinski definition) is 2. The summed E-state index contributed by atoms with van der Waals surface area (Å²) in [5.74, 6) is -3.70. The lowest BCUT2D eigenvalue weighted by Crippen LogP contribution is -2.62. The van der Waals surface area contributed by atoms with Gasteiger partial charge in [-0.25, -0.2) is 13.2 Å². The Morgan fingerprint density at radius 1 is 1.03 bits per heavy atom. The molecule has 2 N–H and O–H groups in total. The van der Waals surface area contributed by atoms with E-state index in [1.807, 2.05) is 29.6 Å². The van der Waals surface area contributed by atoms with Crippen LogP contribution in [0, 0.1) is 21.0 Å². The maximum Gasteiger partial charge on any atom is 0.256 e. The van der Waals surface area contributed by atoms with Crippen LogP contribution in [0.4, 0.5) is 24.5 Å². The second-order valence-corrected chi connectivity index (χ2v) is 9.83. The van der Waals surface area contributed by atoms with Gasteiger partial charge < -0.3 is 20.4 Å². The second kappa shape index (κ2) is 10.5. The SMILES string of the molecule is CN1CCN(CC(=O)NC2CN(C(=O)c3ccc(F)c(F)c3Nc3ccc(I)cc3F)C2)CC1. The van der Waals surface area contributed by atoms with Crippen molar-refractivity contribution in [1.82, 2.24) is 20.0 Å². The maximum atomic E-state index is 14.6. The minimum absolute atomic E-state index is 0.0726. The lowest BCUT2D eigenvalue weighted by Gasteiger charge is -2.40. The number of carbonyl (C=O) groups is 2. The van der Waals surface area contributed by atoms with Crippen LogP contribution in [-0.4, -0.2) is 85.4 Å². The van der Waals surface area contributed by atoms with Crippen LogP contribution in [0.3, 0.4) is 0 Å². The summed E-state index contributed by atoms with van der Waals surface area (Å²) in [6.45, 7) is 4.29. The third-order valence-electron chi connectivity index (χ3n) is 6.01. The Bertz CT molecular complexity index is 1090. The Hall–Kier alpha value is -2.38. The molecule has 0 atom stereocenters. The highest BCUT2D eigenvalue weighted by molar-refractivity contribution is 14.1. The molecule has 2 fully saturated rings. The molecule has 7 nitrogen and oxygen atoms in total. The van der Waals surface area contributed by atoms with E-state index in [2.05, 4.69) is 20.4 Å². The van der Waals surface area contributed by atoms with E-state index in [-0.39, 0.29) is 36.3 Å². The van der Waals surface area contributed by atoms with Gasteiger partial charge in [-0.05, 0) is 60.0 Å². The summed E-state index contributed by atoms with van der Waals surface area (Å²) in [6.07, 6.45) is 0. The Labute approximate surface area is 209 Å². The van der Waals surface area contributed by atoms with Gasteiger partial charge in [-0.1, -0.05) is 0 Å². The number of rotatable bonds is 6. The Morgan fingerprint density at radius 3 is 2.41 bits per heavy atom. The molecule has 2 aromatic carbocycles. The van der Waals surface area contributed by atoms with Crippen molar-refractivity contribution in [2.75, 3.05) is 58.2 Å². The molecular weight excluding hydrogens is 562 g/mol. The standard InChI is InChI=1S/C23H25F3IN5O2/c1-30-6-8-31(9-7-30)13-20(33)28-15-11-32(12-15)23(34)16-3-4-17(24)21(26)22(16)29-19-5-2-14(27)10-18(19)25/h2-5,10,15,29H,6-9,11-13H2,1H3,(H,28,33). The quantitative estimate of drug-likeness (QED) is 0.510. The van der Waals surface area contributed by atoms with E-state index in [4.69, 9.17) is 0 Å². The highest BCUT2D eigenvalue weighted by Crippen LogP contribution is 2.30. The molecule has 0 saturated carbocycles. The molecule has 2 aromatic rings. The van der Waals surface area contributed by atoms with Gasteiger partial charge in [0, 0.05) is 42.8 Å². The molecule has 2 aliphatic rings. The first-order valence-corrected chi connectivity index (χ1v) is 12.0. The number of anilines is 2. The summed E-state index contributed by atoms with van der Waals surface area (Å²) >= 11 is 1.93. The van der Waals surface area contributed by atoms with Gasteiger partial charge in [0.25, 0.3) is 5.91 Å². The van der Waals surface area contributed by atoms with E-state index in [1.54, 1.807) is 6.07 Å². The van der Waals surface area contributed by atoms with Crippen LogP contribution in [0.25, 0.3) is 0 Å². The summed E-state index contributed by atoms with van der Waals surface area (Å²) in [5.41, 5.74) is -0.608. The molecule has 0 aromatic heterocycles. The minimum Gasteiger partial charge on any atom is -0.350 e. The fourth-order valence-electron chi connectivity index (χ4n) is 3.97. The van der Waals surface area contributed by atoms with E-state index in [1.165, 1.54) is 23.1 Å². The Morgan fingerprint density at radius 2 is 1.74 bits per heavy atom. The monoisotopic (exact) mass is 587 g/mol. The zero-order valence-corrected chi connectivity index (χ0v) is 20.7. The van der Waals surface area contributed by atoms with E-state index in [9.17, 15) is 22.8 Å². The number of amides is 2. The van der Waals surface area contributed by atoms with Crippen molar-refractivity contribution in [3.63, 3.8) is 0 Å². The molecule has 182 valence electrons. The van der Waals surface area contributed by atoms with Crippen LogP contribution in [-0.2, 0) is 4.79 Å². The lowest BCUT2D eigenvalue weighted by atomic mass is 10.0. The largest absolute Gasteiger partial charge is 0.350 e. The highest BCUT2D eigenvalue weighted by atomic mass is 127. The van der Waals surface area contributed by atoms with Gasteiger partial charge in [0.2, 0.25) is 5.91 Å². The molecule has 0 bridgehead atoms. The van der Waals surface area contributed by atoms with Crippen molar-refractivity contribution in [3.8, 4) is 0 Å². The fraction of sp³-hybridized carbons (Fsp3) is 0.391. The van der Waals surface area contributed by atoms with Crippen LogP contribution >= 0.6 is 22.6 Å². The number of halogens is 4. The van der Waals surface area contributed by atoms with E-state index >= 15 is 0 Å². The van der Waals surface area contributed by atoms with Gasteiger partial charge in [0.05, 0.1) is 29.5 Å². The summed E-state index contributed by atoms with van der Waals surface area (Å²) in [6, 6.07) is 6.08. The third-order valence-corrected chi connectivity index (χ3v) is 6.68. The van der Waals surface area contributed by atoms with Crippen molar-refractivity contribution in [2.24, 2.45) is 0 Å². The number of benzene rings is 2. The average Bonchev–Trinajstić information content (AvgIpc) is 2.76. The Balaban J connectivity index is 1.38. The summed E-state index contributed by atoms with van der Waals surface area (Å²) in [7, 11) is 2.04. The normalized spacial score (nSPS) is 17.4. The average molecular weight is 587 g/mol. The smallest absolute Gasteiger partial charge is 0.256 e. The zero-order chi connectivity index (χ0) is 24.4. The number of nitrogens with one attached hydrogen (secondary N) is 2. The number of likely N-dealkylation sites (N-methyl/N-ethyl adjacent to an activating group) is 1. The number of piperazine rings is 1. The number of hydrogen-bond acceptors (Lipinski definition) is 5. The third kappa shape index (κ3) is 5.63. The zero-order valence-electron chi connectivity index (χ0n) is 18.6. The molecule has 0 aliphatic carbocycles. The topological polar surface area (TPSA) is 67.9 Å². The van der Waals surface area contributed by atoms with Gasteiger partial charge >= 0.3 is 0 Å². The highest BCUT2D eigenvalue weighted by Gasteiger charge is 2.34. The Kier molecular flexibility index (Phi) is 7.63.